The van der Waals surface area contributed by atoms with Crippen LogP contribution in [0.1, 0.15) is 39.3 Å². The summed E-state index contributed by atoms with van der Waals surface area (Å²) in [6.07, 6.45) is 0.215. The van der Waals surface area contributed by atoms with Crippen LogP contribution in [0.4, 0.5) is 0 Å². The van der Waals surface area contributed by atoms with E-state index in [1.54, 1.807) is 0 Å². The zero-order valence-corrected chi connectivity index (χ0v) is 12.7. The van der Waals surface area contributed by atoms with Crippen LogP contribution in [0.5, 0.6) is 5.75 Å². The Bertz CT molecular complexity index is 341. The summed E-state index contributed by atoms with van der Waals surface area (Å²) in [5.74, 6) is 3.24. The maximum absolute atomic E-state index is 5.90. The molecule has 0 aliphatic rings. The summed E-state index contributed by atoms with van der Waals surface area (Å²) in [6.45, 7) is 9.46. The van der Waals surface area contributed by atoms with Crippen molar-refractivity contribution in [3.05, 3.63) is 29.8 Å². The predicted molar refractivity (Wildman–Crippen MR) is 81.6 cm³/mol. The monoisotopic (exact) mass is 267 g/mol. The molecule has 0 spiro atoms. The first kappa shape index (κ1) is 15.4. The van der Waals surface area contributed by atoms with Gasteiger partial charge in [-0.3, -0.25) is 0 Å². The Morgan fingerprint density at radius 3 is 2.56 bits per heavy atom. The van der Waals surface area contributed by atoms with E-state index in [4.69, 9.17) is 4.74 Å². The zero-order chi connectivity index (χ0) is 13.4. The molecule has 3 heteroatoms. The van der Waals surface area contributed by atoms with Crippen LogP contribution in [0.3, 0.4) is 0 Å². The second-order valence-electron chi connectivity index (χ2n) is 4.47. The van der Waals surface area contributed by atoms with Gasteiger partial charge in [0.05, 0.1) is 6.10 Å². The minimum absolute atomic E-state index is 0.215. The van der Waals surface area contributed by atoms with Crippen molar-refractivity contribution >= 4 is 11.8 Å². The van der Waals surface area contributed by atoms with Crippen LogP contribution in [-0.4, -0.2) is 24.2 Å². The Hall–Kier alpha value is -0.670. The van der Waals surface area contributed by atoms with Gasteiger partial charge in [0.15, 0.2) is 0 Å². The quantitative estimate of drug-likeness (QED) is 0.772. The predicted octanol–water partition coefficient (Wildman–Crippen LogP) is 3.88. The van der Waals surface area contributed by atoms with Crippen molar-refractivity contribution in [2.45, 2.75) is 39.8 Å². The minimum atomic E-state index is 0.215. The van der Waals surface area contributed by atoms with Crippen LogP contribution >= 0.6 is 11.8 Å². The molecule has 1 atom stereocenters. The van der Waals surface area contributed by atoms with E-state index < -0.39 is 0 Å². The SMILES string of the molecule is CCNC(CSCC)c1ccccc1OC(C)C. The summed E-state index contributed by atoms with van der Waals surface area (Å²) in [7, 11) is 0. The number of nitrogens with one attached hydrogen (secondary N) is 1. The summed E-state index contributed by atoms with van der Waals surface area (Å²) in [5.41, 5.74) is 1.27. The summed E-state index contributed by atoms with van der Waals surface area (Å²) < 4.78 is 5.90. The molecule has 1 N–H and O–H groups in total. The normalized spacial score (nSPS) is 12.7. The number of hydrogen-bond donors (Lipinski definition) is 1. The van der Waals surface area contributed by atoms with Gasteiger partial charge in [-0.2, -0.15) is 11.8 Å². The summed E-state index contributed by atoms with van der Waals surface area (Å²) in [5, 5.41) is 3.55. The van der Waals surface area contributed by atoms with E-state index in [0.717, 1.165) is 23.8 Å². The number of thioether (sulfide) groups is 1. The maximum Gasteiger partial charge on any atom is 0.124 e. The molecular formula is C15H25NOS. The third-order valence-corrected chi connectivity index (χ3v) is 3.57. The molecule has 0 bridgehead atoms. The first-order valence-electron chi connectivity index (χ1n) is 6.75. The Balaban J connectivity index is 2.87. The topological polar surface area (TPSA) is 21.3 Å². The average Bonchev–Trinajstić information content (AvgIpc) is 2.35. The van der Waals surface area contributed by atoms with Gasteiger partial charge in [-0.15, -0.1) is 0 Å². The summed E-state index contributed by atoms with van der Waals surface area (Å²) >= 11 is 1.96. The van der Waals surface area contributed by atoms with Crippen LogP contribution in [0, 0.1) is 0 Å². The first-order valence-corrected chi connectivity index (χ1v) is 7.91. The third-order valence-electron chi connectivity index (χ3n) is 2.60. The number of rotatable bonds is 8. The lowest BCUT2D eigenvalue weighted by atomic mass is 10.1. The molecular weight excluding hydrogens is 242 g/mol. The average molecular weight is 267 g/mol. The molecule has 18 heavy (non-hydrogen) atoms. The Kier molecular flexibility index (Phi) is 7.21. The van der Waals surface area contributed by atoms with Gasteiger partial charge in [0.1, 0.15) is 5.75 Å². The van der Waals surface area contributed by atoms with Crippen molar-refractivity contribution < 1.29 is 4.74 Å². The fraction of sp³-hybridized carbons (Fsp3) is 0.600. The van der Waals surface area contributed by atoms with E-state index in [-0.39, 0.29) is 6.10 Å². The largest absolute Gasteiger partial charge is 0.491 e. The molecule has 0 radical (unpaired) electrons. The van der Waals surface area contributed by atoms with E-state index in [2.05, 4.69) is 51.2 Å². The van der Waals surface area contributed by atoms with Crippen molar-refractivity contribution in [3.63, 3.8) is 0 Å². The Morgan fingerprint density at radius 1 is 1.22 bits per heavy atom. The van der Waals surface area contributed by atoms with Gasteiger partial charge >= 0.3 is 0 Å². The lowest BCUT2D eigenvalue weighted by molar-refractivity contribution is 0.238. The van der Waals surface area contributed by atoms with Crippen molar-refractivity contribution in [2.75, 3.05) is 18.1 Å². The maximum atomic E-state index is 5.90. The molecule has 0 heterocycles. The molecule has 1 rings (SSSR count). The number of benzene rings is 1. The number of ether oxygens (including phenoxy) is 1. The van der Waals surface area contributed by atoms with Gasteiger partial charge in [0.2, 0.25) is 0 Å². The fourth-order valence-corrected chi connectivity index (χ4v) is 2.64. The minimum Gasteiger partial charge on any atom is -0.491 e. The molecule has 102 valence electrons. The van der Waals surface area contributed by atoms with Crippen molar-refractivity contribution in [3.8, 4) is 5.75 Å². The molecule has 1 aromatic carbocycles. The van der Waals surface area contributed by atoms with Crippen LogP contribution in [0.2, 0.25) is 0 Å². The van der Waals surface area contributed by atoms with Gasteiger partial charge in [-0.25, -0.2) is 0 Å². The molecule has 1 unspecified atom stereocenters. The van der Waals surface area contributed by atoms with Gasteiger partial charge in [0, 0.05) is 17.4 Å². The van der Waals surface area contributed by atoms with Crippen LogP contribution in [0.25, 0.3) is 0 Å². The lowest BCUT2D eigenvalue weighted by Crippen LogP contribution is -2.24. The summed E-state index contributed by atoms with van der Waals surface area (Å²) in [6, 6.07) is 8.73. The molecule has 0 saturated carbocycles. The van der Waals surface area contributed by atoms with E-state index in [0.29, 0.717) is 6.04 Å². The Morgan fingerprint density at radius 2 is 1.94 bits per heavy atom. The summed E-state index contributed by atoms with van der Waals surface area (Å²) in [4.78, 5) is 0. The van der Waals surface area contributed by atoms with Gasteiger partial charge in [0.25, 0.3) is 0 Å². The molecule has 0 fully saturated rings. The van der Waals surface area contributed by atoms with E-state index in [1.165, 1.54) is 5.56 Å². The number of hydrogen-bond acceptors (Lipinski definition) is 3. The molecule has 0 aliphatic heterocycles. The van der Waals surface area contributed by atoms with Crippen LogP contribution < -0.4 is 10.1 Å². The molecule has 0 aliphatic carbocycles. The van der Waals surface area contributed by atoms with E-state index in [1.807, 2.05) is 17.8 Å². The van der Waals surface area contributed by atoms with E-state index >= 15 is 0 Å². The second-order valence-corrected chi connectivity index (χ2v) is 5.79. The highest BCUT2D eigenvalue weighted by Crippen LogP contribution is 2.28. The van der Waals surface area contributed by atoms with Gasteiger partial charge < -0.3 is 10.1 Å². The highest BCUT2D eigenvalue weighted by molar-refractivity contribution is 7.99. The van der Waals surface area contributed by atoms with E-state index in [9.17, 15) is 0 Å². The molecule has 0 saturated heterocycles. The smallest absolute Gasteiger partial charge is 0.124 e. The third kappa shape index (κ3) is 4.91. The Labute approximate surface area is 116 Å². The standard InChI is InChI=1S/C15H25NOS/c1-5-16-14(11-18-6-2)13-9-7-8-10-15(13)17-12(3)4/h7-10,12,14,16H,5-6,11H2,1-4H3. The van der Waals surface area contributed by atoms with Crippen LogP contribution in [-0.2, 0) is 0 Å². The fourth-order valence-electron chi connectivity index (χ4n) is 1.87. The lowest BCUT2D eigenvalue weighted by Gasteiger charge is -2.22. The van der Waals surface area contributed by atoms with Gasteiger partial charge in [-0.05, 0) is 32.2 Å². The highest BCUT2D eigenvalue weighted by atomic mass is 32.2. The van der Waals surface area contributed by atoms with Crippen molar-refractivity contribution in [1.82, 2.24) is 5.32 Å². The second kappa shape index (κ2) is 8.44. The number of para-hydroxylation sites is 1. The molecule has 0 aromatic heterocycles. The first-order chi connectivity index (χ1) is 8.69. The molecule has 2 nitrogen and oxygen atoms in total. The van der Waals surface area contributed by atoms with Gasteiger partial charge in [-0.1, -0.05) is 32.0 Å². The zero-order valence-electron chi connectivity index (χ0n) is 11.9. The molecule has 0 amide bonds. The van der Waals surface area contributed by atoms with Crippen LogP contribution in [0.15, 0.2) is 24.3 Å². The highest BCUT2D eigenvalue weighted by Gasteiger charge is 2.15. The molecule has 1 aromatic rings. The van der Waals surface area contributed by atoms with Crippen molar-refractivity contribution in [2.24, 2.45) is 0 Å². The van der Waals surface area contributed by atoms with Crippen molar-refractivity contribution in [1.29, 1.82) is 0 Å².